The Labute approximate surface area is 223 Å². The van der Waals surface area contributed by atoms with Crippen LogP contribution < -0.4 is 4.90 Å². The van der Waals surface area contributed by atoms with Crippen LogP contribution in [-0.2, 0) is 21.2 Å². The number of aromatic nitrogens is 1. The molecule has 1 aliphatic carbocycles. The van der Waals surface area contributed by atoms with E-state index in [2.05, 4.69) is 13.0 Å². The number of carbonyl (C=O) groups is 1. The van der Waals surface area contributed by atoms with Gasteiger partial charge in [-0.05, 0) is 68.0 Å². The smallest absolute Gasteiger partial charge is 0.260 e. The van der Waals surface area contributed by atoms with Gasteiger partial charge >= 0.3 is 0 Å². The number of aryl methyl sites for hydroxylation is 1. The van der Waals surface area contributed by atoms with Crippen molar-refractivity contribution in [3.63, 3.8) is 0 Å². The Morgan fingerprint density at radius 1 is 1.05 bits per heavy atom. The molecule has 1 saturated heterocycles. The van der Waals surface area contributed by atoms with E-state index in [-0.39, 0.29) is 22.9 Å². The molecule has 1 unspecified atom stereocenters. The monoisotopic (exact) mass is 541 g/mol. The number of benzene rings is 2. The summed E-state index contributed by atoms with van der Waals surface area (Å²) in [6.45, 7) is 3.22. The first-order chi connectivity index (χ1) is 17.9. The Balaban J connectivity index is 1.42. The largest absolute Gasteiger partial charge is 0.376 e. The third kappa shape index (κ3) is 5.46. The van der Waals surface area contributed by atoms with Crippen LogP contribution >= 0.6 is 11.3 Å². The predicted octanol–water partition coefficient (Wildman–Crippen LogP) is 5.64. The van der Waals surface area contributed by atoms with Gasteiger partial charge in [0.15, 0.2) is 5.13 Å². The average Bonchev–Trinajstić information content (AvgIpc) is 3.61. The van der Waals surface area contributed by atoms with E-state index in [9.17, 15) is 13.2 Å². The average molecular weight is 542 g/mol. The lowest BCUT2D eigenvalue weighted by molar-refractivity contribution is 0.0917. The minimum atomic E-state index is -3.62. The lowest BCUT2D eigenvalue weighted by Gasteiger charge is -2.30. The number of nitrogens with zero attached hydrogens (tertiary/aromatic N) is 3. The maximum absolute atomic E-state index is 13.8. The van der Waals surface area contributed by atoms with E-state index < -0.39 is 10.0 Å². The van der Waals surface area contributed by atoms with Gasteiger partial charge in [0.1, 0.15) is 0 Å². The molecule has 0 N–H and O–H groups in total. The van der Waals surface area contributed by atoms with Gasteiger partial charge in [-0.15, -0.1) is 0 Å². The highest BCUT2D eigenvalue weighted by atomic mass is 32.2. The second-order valence-electron chi connectivity index (χ2n) is 10.0. The number of hydrogen-bond donors (Lipinski definition) is 0. The van der Waals surface area contributed by atoms with Crippen LogP contribution in [0.3, 0.4) is 0 Å². The van der Waals surface area contributed by atoms with Crippen molar-refractivity contribution in [3.05, 3.63) is 53.6 Å². The number of carbonyl (C=O) groups excluding carboxylic acids is 1. The summed E-state index contributed by atoms with van der Waals surface area (Å²) in [5.41, 5.74) is 2.52. The van der Waals surface area contributed by atoms with E-state index in [0.29, 0.717) is 23.8 Å². The van der Waals surface area contributed by atoms with Crippen LogP contribution in [0.25, 0.3) is 10.2 Å². The van der Waals surface area contributed by atoms with E-state index in [1.165, 1.54) is 15.6 Å². The molecule has 1 aromatic heterocycles. The first-order valence-corrected chi connectivity index (χ1v) is 15.5. The third-order valence-electron chi connectivity index (χ3n) is 7.63. The second-order valence-corrected chi connectivity index (χ2v) is 13.0. The van der Waals surface area contributed by atoms with Crippen molar-refractivity contribution in [2.75, 3.05) is 25.1 Å². The Kier molecular flexibility index (Phi) is 7.95. The van der Waals surface area contributed by atoms with E-state index in [1.54, 1.807) is 36.2 Å². The molecule has 1 aliphatic heterocycles. The number of hydrogen-bond acceptors (Lipinski definition) is 6. The highest BCUT2D eigenvalue weighted by Crippen LogP contribution is 2.33. The molecule has 0 radical (unpaired) electrons. The van der Waals surface area contributed by atoms with Crippen molar-refractivity contribution in [2.24, 2.45) is 0 Å². The fourth-order valence-electron chi connectivity index (χ4n) is 5.37. The molecule has 5 rings (SSSR count). The molecule has 0 bridgehead atoms. The van der Waals surface area contributed by atoms with Crippen molar-refractivity contribution >= 4 is 42.6 Å². The van der Waals surface area contributed by atoms with Crippen LogP contribution in [0, 0.1) is 0 Å². The molecule has 2 aromatic carbocycles. The summed E-state index contributed by atoms with van der Waals surface area (Å²) in [4.78, 5) is 20.6. The number of thiazole rings is 1. The molecule has 9 heteroatoms. The zero-order chi connectivity index (χ0) is 26.0. The molecule has 2 fully saturated rings. The summed E-state index contributed by atoms with van der Waals surface area (Å²) in [5.74, 6) is -0.197. The summed E-state index contributed by atoms with van der Waals surface area (Å²) in [6.07, 6.45) is 7.79. The third-order valence-corrected chi connectivity index (χ3v) is 10.6. The summed E-state index contributed by atoms with van der Waals surface area (Å²) >= 11 is 1.50. The van der Waals surface area contributed by atoms with E-state index >= 15 is 0 Å². The predicted molar refractivity (Wildman–Crippen MR) is 148 cm³/mol. The number of fused-ring (bicyclic) bond motifs is 1. The topological polar surface area (TPSA) is 79.8 Å². The van der Waals surface area contributed by atoms with Crippen LogP contribution in [0.1, 0.15) is 67.8 Å². The molecule has 2 heterocycles. The Hall–Kier alpha value is -2.33. The normalized spacial score (nSPS) is 19.1. The van der Waals surface area contributed by atoms with Gasteiger partial charge in [0, 0.05) is 25.3 Å². The highest BCUT2D eigenvalue weighted by Gasteiger charge is 2.30. The quantitative estimate of drug-likeness (QED) is 0.369. The Bertz CT molecular complexity index is 1340. The van der Waals surface area contributed by atoms with E-state index in [0.717, 1.165) is 67.1 Å². The number of ether oxygens (including phenoxy) is 1. The van der Waals surface area contributed by atoms with Crippen molar-refractivity contribution in [1.82, 2.24) is 9.29 Å². The molecule has 3 aromatic rings. The first-order valence-electron chi connectivity index (χ1n) is 13.3. The first kappa shape index (κ1) is 26.3. The van der Waals surface area contributed by atoms with Crippen molar-refractivity contribution in [1.29, 1.82) is 0 Å². The molecule has 1 saturated carbocycles. The van der Waals surface area contributed by atoms with Gasteiger partial charge < -0.3 is 4.74 Å². The van der Waals surface area contributed by atoms with Crippen LogP contribution in [0.15, 0.2) is 47.4 Å². The number of rotatable bonds is 8. The molecular formula is C28H35N3O4S2. The molecule has 7 nitrogen and oxygen atoms in total. The van der Waals surface area contributed by atoms with Crippen molar-refractivity contribution < 1.29 is 17.9 Å². The van der Waals surface area contributed by atoms with Crippen LogP contribution in [0.5, 0.6) is 0 Å². The number of amides is 1. The minimum Gasteiger partial charge on any atom is -0.376 e. The number of para-hydroxylation sites is 1. The summed E-state index contributed by atoms with van der Waals surface area (Å²) in [5, 5.41) is 0.644. The van der Waals surface area contributed by atoms with Crippen LogP contribution in [0.4, 0.5) is 5.13 Å². The molecule has 1 atom stereocenters. The van der Waals surface area contributed by atoms with Crippen LogP contribution in [0.2, 0.25) is 0 Å². The number of anilines is 1. The van der Waals surface area contributed by atoms with Gasteiger partial charge in [-0.1, -0.05) is 49.7 Å². The fourth-order valence-corrected chi connectivity index (χ4v) is 7.80. The SMILES string of the molecule is CCc1cccc2sc(N(CC3CCCO3)C(=O)c3ccc(S(=O)(=O)N(C)C4CCCCC4)cc3)nc12. The van der Waals surface area contributed by atoms with Crippen molar-refractivity contribution in [2.45, 2.75) is 75.3 Å². The van der Waals surface area contributed by atoms with Gasteiger partial charge in [0.2, 0.25) is 10.0 Å². The van der Waals surface area contributed by atoms with Gasteiger partial charge in [-0.2, -0.15) is 4.31 Å². The fraction of sp³-hybridized carbons (Fsp3) is 0.500. The van der Waals surface area contributed by atoms with E-state index in [4.69, 9.17) is 9.72 Å². The van der Waals surface area contributed by atoms with Gasteiger partial charge in [-0.25, -0.2) is 13.4 Å². The standard InChI is InChI=1S/C28H35N3O4S2/c1-3-20-9-7-13-25-26(20)29-28(36-25)31(19-23-12-8-18-35-23)27(32)21-14-16-24(17-15-21)37(33,34)30(2)22-10-5-4-6-11-22/h7,9,13-17,22-23H,3-6,8,10-12,18-19H2,1-2H3. The minimum absolute atomic E-state index is 0.0361. The lowest BCUT2D eigenvalue weighted by atomic mass is 9.96. The second kappa shape index (κ2) is 11.2. The number of sulfonamides is 1. The molecule has 198 valence electrons. The zero-order valence-electron chi connectivity index (χ0n) is 21.6. The summed E-state index contributed by atoms with van der Waals surface area (Å²) in [6, 6.07) is 12.5. The Morgan fingerprint density at radius 2 is 1.81 bits per heavy atom. The lowest BCUT2D eigenvalue weighted by Crippen LogP contribution is -2.38. The highest BCUT2D eigenvalue weighted by molar-refractivity contribution is 7.89. The summed E-state index contributed by atoms with van der Waals surface area (Å²) in [7, 11) is -1.95. The molecule has 2 aliphatic rings. The van der Waals surface area contributed by atoms with Gasteiger partial charge in [0.25, 0.3) is 5.91 Å². The maximum atomic E-state index is 13.8. The Morgan fingerprint density at radius 3 is 2.49 bits per heavy atom. The van der Waals surface area contributed by atoms with Crippen LogP contribution in [-0.4, -0.2) is 56.0 Å². The molecular weight excluding hydrogens is 506 g/mol. The molecule has 1 amide bonds. The van der Waals surface area contributed by atoms with Crippen molar-refractivity contribution in [3.8, 4) is 0 Å². The molecule has 37 heavy (non-hydrogen) atoms. The van der Waals surface area contributed by atoms with E-state index in [1.807, 2.05) is 12.1 Å². The molecule has 0 spiro atoms. The zero-order valence-corrected chi connectivity index (χ0v) is 23.2. The van der Waals surface area contributed by atoms with Gasteiger partial charge in [-0.3, -0.25) is 9.69 Å². The maximum Gasteiger partial charge on any atom is 0.260 e. The summed E-state index contributed by atoms with van der Waals surface area (Å²) < 4.78 is 34.9. The van der Waals surface area contributed by atoms with Gasteiger partial charge in [0.05, 0.1) is 27.8 Å².